The average Bonchev–Trinajstić information content (AvgIpc) is 2.92. The highest BCUT2D eigenvalue weighted by Gasteiger charge is 2.37. The number of aryl methyl sites for hydroxylation is 1. The van der Waals surface area contributed by atoms with Crippen molar-refractivity contribution in [1.82, 2.24) is 14.4 Å². The van der Waals surface area contributed by atoms with Crippen LogP contribution in [0, 0.1) is 0 Å². The molecule has 1 unspecified atom stereocenters. The number of nitrogen functional groups attached to an aromatic ring is 1. The van der Waals surface area contributed by atoms with Gasteiger partial charge in [0.05, 0.1) is 5.69 Å². The molecule has 2 fully saturated rings. The predicted octanol–water partition coefficient (Wildman–Crippen LogP) is 0.0541. The number of anilines is 1. The van der Waals surface area contributed by atoms with Crippen molar-refractivity contribution >= 4 is 17.5 Å². The van der Waals surface area contributed by atoms with E-state index in [9.17, 15) is 9.59 Å². The molecule has 3 heterocycles. The van der Waals surface area contributed by atoms with Gasteiger partial charge in [0.15, 0.2) is 0 Å². The van der Waals surface area contributed by atoms with Gasteiger partial charge in [-0.25, -0.2) is 0 Å². The fraction of sp³-hybridized carbons (Fsp3) is 0.538. The highest BCUT2D eigenvalue weighted by Crippen LogP contribution is 2.24. The van der Waals surface area contributed by atoms with Gasteiger partial charge in [-0.2, -0.15) is 0 Å². The molecule has 0 aromatic carbocycles. The summed E-state index contributed by atoms with van der Waals surface area (Å²) >= 11 is 0. The van der Waals surface area contributed by atoms with Gasteiger partial charge in [-0.15, -0.1) is 0 Å². The first-order valence-corrected chi connectivity index (χ1v) is 6.57. The molecule has 102 valence electrons. The summed E-state index contributed by atoms with van der Waals surface area (Å²) in [6.07, 6.45) is 3.21. The quantitative estimate of drug-likeness (QED) is 0.777. The van der Waals surface area contributed by atoms with E-state index in [0.717, 1.165) is 6.42 Å². The number of fused-ring (bicyclic) bond motifs is 1. The maximum absolute atomic E-state index is 12.5. The molecule has 2 amide bonds. The van der Waals surface area contributed by atoms with Gasteiger partial charge in [0, 0.05) is 45.3 Å². The first-order valence-electron chi connectivity index (χ1n) is 6.57. The fourth-order valence-electron chi connectivity index (χ4n) is 3.01. The Labute approximate surface area is 111 Å². The highest BCUT2D eigenvalue weighted by atomic mass is 16.2. The van der Waals surface area contributed by atoms with E-state index in [1.165, 1.54) is 0 Å². The number of amides is 2. The van der Waals surface area contributed by atoms with Crippen LogP contribution in [0.2, 0.25) is 0 Å². The van der Waals surface area contributed by atoms with Crippen molar-refractivity contribution in [3.63, 3.8) is 0 Å². The monoisotopic (exact) mass is 262 g/mol. The molecule has 6 heteroatoms. The van der Waals surface area contributed by atoms with Gasteiger partial charge in [0.2, 0.25) is 5.91 Å². The fourth-order valence-corrected chi connectivity index (χ4v) is 3.01. The first-order chi connectivity index (χ1) is 9.06. The minimum absolute atomic E-state index is 0.00167. The summed E-state index contributed by atoms with van der Waals surface area (Å²) in [4.78, 5) is 27.8. The predicted molar refractivity (Wildman–Crippen MR) is 70.5 cm³/mol. The van der Waals surface area contributed by atoms with Crippen molar-refractivity contribution in [3.8, 4) is 0 Å². The number of hydrogen-bond donors (Lipinski definition) is 1. The van der Waals surface area contributed by atoms with Gasteiger partial charge in [0.25, 0.3) is 5.91 Å². The number of nitrogens with zero attached hydrogens (tertiary/aromatic N) is 3. The van der Waals surface area contributed by atoms with Gasteiger partial charge >= 0.3 is 0 Å². The van der Waals surface area contributed by atoms with Crippen molar-refractivity contribution in [2.75, 3.05) is 25.4 Å². The molecule has 0 radical (unpaired) electrons. The lowest BCUT2D eigenvalue weighted by atomic mass is 10.1. The molecule has 1 atom stereocenters. The molecule has 0 bridgehead atoms. The summed E-state index contributed by atoms with van der Waals surface area (Å²) in [7, 11) is 1.82. The average molecular weight is 262 g/mol. The second-order valence-corrected chi connectivity index (χ2v) is 5.30. The van der Waals surface area contributed by atoms with Crippen LogP contribution in [0.15, 0.2) is 12.3 Å². The first kappa shape index (κ1) is 12.1. The van der Waals surface area contributed by atoms with Gasteiger partial charge in [0.1, 0.15) is 5.69 Å². The molecule has 1 aromatic heterocycles. The van der Waals surface area contributed by atoms with E-state index < -0.39 is 0 Å². The van der Waals surface area contributed by atoms with Crippen molar-refractivity contribution in [3.05, 3.63) is 18.0 Å². The molecule has 2 aliphatic rings. The molecule has 2 N–H and O–H groups in total. The summed E-state index contributed by atoms with van der Waals surface area (Å²) in [6.45, 7) is 1.89. The van der Waals surface area contributed by atoms with E-state index in [1.54, 1.807) is 16.8 Å². The van der Waals surface area contributed by atoms with Gasteiger partial charge in [-0.05, 0) is 12.5 Å². The zero-order valence-corrected chi connectivity index (χ0v) is 11.0. The number of carbonyl (C=O) groups is 2. The number of hydrogen-bond acceptors (Lipinski definition) is 3. The number of nitrogens with two attached hydrogens (primary N) is 1. The molecule has 0 spiro atoms. The minimum atomic E-state index is -0.00167. The number of aromatic nitrogens is 1. The van der Waals surface area contributed by atoms with E-state index in [0.29, 0.717) is 37.4 Å². The Morgan fingerprint density at radius 1 is 1.42 bits per heavy atom. The van der Waals surface area contributed by atoms with Crippen molar-refractivity contribution in [1.29, 1.82) is 0 Å². The summed E-state index contributed by atoms with van der Waals surface area (Å²) < 4.78 is 1.75. The van der Waals surface area contributed by atoms with Crippen LogP contribution in [0.4, 0.5) is 5.69 Å². The topological polar surface area (TPSA) is 71.6 Å². The number of piperazine rings is 1. The molecule has 0 aliphatic carbocycles. The number of rotatable bonds is 1. The molecule has 6 nitrogen and oxygen atoms in total. The van der Waals surface area contributed by atoms with Crippen LogP contribution < -0.4 is 5.73 Å². The highest BCUT2D eigenvalue weighted by molar-refractivity contribution is 5.94. The standard InChI is InChI=1S/C13H18N4O2/c1-15-7-9(14)6-11(15)13(19)16-4-5-17-10(8-16)2-3-12(17)18/h6-7,10H,2-5,8,14H2,1H3. The van der Waals surface area contributed by atoms with E-state index >= 15 is 0 Å². The van der Waals surface area contributed by atoms with Crippen molar-refractivity contribution in [2.24, 2.45) is 7.05 Å². The Hall–Kier alpha value is -1.98. The van der Waals surface area contributed by atoms with Crippen LogP contribution in [-0.4, -0.2) is 51.9 Å². The molecule has 2 saturated heterocycles. The van der Waals surface area contributed by atoms with Crippen LogP contribution in [0.5, 0.6) is 0 Å². The molecule has 3 rings (SSSR count). The van der Waals surface area contributed by atoms with Crippen molar-refractivity contribution in [2.45, 2.75) is 18.9 Å². The van der Waals surface area contributed by atoms with Crippen LogP contribution in [-0.2, 0) is 11.8 Å². The smallest absolute Gasteiger partial charge is 0.270 e. The normalized spacial score (nSPS) is 22.8. The zero-order valence-electron chi connectivity index (χ0n) is 11.0. The van der Waals surface area contributed by atoms with E-state index in [4.69, 9.17) is 5.73 Å². The summed E-state index contributed by atoms with van der Waals surface area (Å²) in [6, 6.07) is 1.90. The second kappa shape index (κ2) is 4.29. The van der Waals surface area contributed by atoms with Crippen LogP contribution in [0.3, 0.4) is 0 Å². The lowest BCUT2D eigenvalue weighted by Crippen LogP contribution is -2.53. The third kappa shape index (κ3) is 1.97. The Morgan fingerprint density at radius 2 is 2.21 bits per heavy atom. The minimum Gasteiger partial charge on any atom is -0.397 e. The van der Waals surface area contributed by atoms with Crippen LogP contribution >= 0.6 is 0 Å². The van der Waals surface area contributed by atoms with Crippen LogP contribution in [0.25, 0.3) is 0 Å². The lowest BCUT2D eigenvalue weighted by molar-refractivity contribution is -0.130. The molecular formula is C13H18N4O2. The van der Waals surface area contributed by atoms with Crippen LogP contribution in [0.1, 0.15) is 23.3 Å². The third-order valence-corrected chi connectivity index (χ3v) is 4.03. The Morgan fingerprint density at radius 3 is 2.89 bits per heavy atom. The summed E-state index contributed by atoms with van der Waals surface area (Å²) in [5.74, 6) is 0.221. The molecular weight excluding hydrogens is 244 g/mol. The number of carbonyl (C=O) groups excluding carboxylic acids is 2. The maximum Gasteiger partial charge on any atom is 0.270 e. The zero-order chi connectivity index (χ0) is 13.6. The molecule has 0 saturated carbocycles. The molecule has 1 aromatic rings. The Balaban J connectivity index is 1.75. The largest absolute Gasteiger partial charge is 0.397 e. The van der Waals surface area contributed by atoms with Gasteiger partial charge in [-0.1, -0.05) is 0 Å². The molecule has 19 heavy (non-hydrogen) atoms. The Bertz CT molecular complexity index is 537. The van der Waals surface area contributed by atoms with Crippen molar-refractivity contribution < 1.29 is 9.59 Å². The summed E-state index contributed by atoms with van der Waals surface area (Å²) in [5.41, 5.74) is 6.91. The maximum atomic E-state index is 12.5. The third-order valence-electron chi connectivity index (χ3n) is 4.03. The second-order valence-electron chi connectivity index (χ2n) is 5.30. The summed E-state index contributed by atoms with van der Waals surface area (Å²) in [5, 5.41) is 0. The van der Waals surface area contributed by atoms with Gasteiger partial charge < -0.3 is 20.1 Å². The lowest BCUT2D eigenvalue weighted by Gasteiger charge is -2.37. The van der Waals surface area contributed by atoms with E-state index in [1.807, 2.05) is 16.8 Å². The molecule has 2 aliphatic heterocycles. The van der Waals surface area contributed by atoms with E-state index in [-0.39, 0.29) is 17.9 Å². The van der Waals surface area contributed by atoms with Gasteiger partial charge in [-0.3, -0.25) is 9.59 Å². The van der Waals surface area contributed by atoms with E-state index in [2.05, 4.69) is 0 Å². The SMILES string of the molecule is Cn1cc(N)cc1C(=O)N1CCN2C(=O)CCC2C1. The Kier molecular flexibility index (Phi) is 2.73.